The van der Waals surface area contributed by atoms with Crippen molar-refractivity contribution in [2.75, 3.05) is 13.2 Å². The molecule has 0 aromatic rings. The van der Waals surface area contributed by atoms with Gasteiger partial charge in [0.25, 0.3) is 0 Å². The molecule has 1 unspecified atom stereocenters. The van der Waals surface area contributed by atoms with Crippen molar-refractivity contribution in [3.05, 3.63) is 60.8 Å². The van der Waals surface area contributed by atoms with Crippen LogP contribution in [0.15, 0.2) is 60.8 Å². The summed E-state index contributed by atoms with van der Waals surface area (Å²) in [5.74, 6) is -0.874. The summed E-state index contributed by atoms with van der Waals surface area (Å²) in [5, 5.41) is 0. The number of carbonyl (C=O) groups excluding carboxylic acids is 3. The lowest BCUT2D eigenvalue weighted by Gasteiger charge is -2.18. The van der Waals surface area contributed by atoms with Gasteiger partial charge >= 0.3 is 17.9 Å². The Hall–Kier alpha value is -2.89. The van der Waals surface area contributed by atoms with Crippen molar-refractivity contribution in [3.63, 3.8) is 0 Å². The van der Waals surface area contributed by atoms with Crippen LogP contribution in [0.1, 0.15) is 303 Å². The third kappa shape index (κ3) is 55.9. The highest BCUT2D eigenvalue weighted by atomic mass is 16.6. The van der Waals surface area contributed by atoms with Crippen LogP contribution in [0.4, 0.5) is 0 Å². The Labute approximate surface area is 428 Å². The smallest absolute Gasteiger partial charge is 0.306 e. The van der Waals surface area contributed by atoms with Crippen LogP contribution in [0, 0.1) is 0 Å². The third-order valence-corrected chi connectivity index (χ3v) is 13.0. The molecule has 1 atom stereocenters. The van der Waals surface area contributed by atoms with Gasteiger partial charge < -0.3 is 14.2 Å². The Morgan fingerprint density at radius 2 is 0.580 bits per heavy atom. The van der Waals surface area contributed by atoms with Crippen LogP contribution >= 0.6 is 0 Å². The molecule has 0 aromatic carbocycles. The molecule has 400 valence electrons. The molecule has 0 bridgehead atoms. The fourth-order valence-electron chi connectivity index (χ4n) is 8.53. The normalized spacial score (nSPS) is 12.4. The first-order chi connectivity index (χ1) is 34.0. The highest BCUT2D eigenvalue weighted by molar-refractivity contribution is 5.71. The van der Waals surface area contributed by atoms with E-state index >= 15 is 0 Å². The average Bonchev–Trinajstić information content (AvgIpc) is 3.35. The van der Waals surface area contributed by atoms with Gasteiger partial charge in [-0.25, -0.2) is 0 Å². The van der Waals surface area contributed by atoms with Gasteiger partial charge in [-0.05, 0) is 77.0 Å². The second kappa shape index (κ2) is 57.7. The van der Waals surface area contributed by atoms with Crippen molar-refractivity contribution in [2.45, 2.75) is 309 Å². The minimum absolute atomic E-state index is 0.0731. The molecule has 0 fully saturated rings. The molecule has 69 heavy (non-hydrogen) atoms. The number of ether oxygens (including phenoxy) is 3. The number of hydrogen-bond acceptors (Lipinski definition) is 6. The summed E-state index contributed by atoms with van der Waals surface area (Å²) >= 11 is 0. The van der Waals surface area contributed by atoms with E-state index in [1.54, 1.807) is 0 Å². The summed E-state index contributed by atoms with van der Waals surface area (Å²) in [6, 6.07) is 0. The lowest BCUT2D eigenvalue weighted by atomic mass is 10.0. The van der Waals surface area contributed by atoms with E-state index in [2.05, 4.69) is 81.5 Å². The van der Waals surface area contributed by atoms with E-state index in [9.17, 15) is 14.4 Å². The molecule has 6 heteroatoms. The molecular weight excluding hydrogens is 853 g/mol. The SMILES string of the molecule is CC/C=C\C/C=C\C/C=C\C/C=C\CCCCCCCCCCCCCCCCCCCCC(=O)OCC(COC(=O)CCCCCCCCCCC)OC(=O)CCCCCCC/C=C\CCCC. The van der Waals surface area contributed by atoms with Gasteiger partial charge in [0, 0.05) is 19.3 Å². The van der Waals surface area contributed by atoms with Crippen LogP contribution in [0.5, 0.6) is 0 Å². The summed E-state index contributed by atoms with van der Waals surface area (Å²) in [6.45, 7) is 6.48. The fraction of sp³-hybridized carbons (Fsp3) is 0.794. The van der Waals surface area contributed by atoms with Crippen LogP contribution < -0.4 is 0 Å². The maximum Gasteiger partial charge on any atom is 0.306 e. The van der Waals surface area contributed by atoms with Gasteiger partial charge in [-0.15, -0.1) is 0 Å². The van der Waals surface area contributed by atoms with Gasteiger partial charge in [-0.3, -0.25) is 14.4 Å². The van der Waals surface area contributed by atoms with E-state index in [-0.39, 0.29) is 31.1 Å². The molecular formula is C63H112O6. The maximum atomic E-state index is 12.8. The van der Waals surface area contributed by atoms with Gasteiger partial charge in [0.15, 0.2) is 6.10 Å². The third-order valence-electron chi connectivity index (χ3n) is 13.0. The number of rotatable bonds is 54. The predicted molar refractivity (Wildman–Crippen MR) is 298 cm³/mol. The Kier molecular flexibility index (Phi) is 55.3. The zero-order chi connectivity index (χ0) is 50.0. The minimum Gasteiger partial charge on any atom is -0.462 e. The second-order valence-electron chi connectivity index (χ2n) is 19.9. The maximum absolute atomic E-state index is 12.8. The molecule has 0 amide bonds. The van der Waals surface area contributed by atoms with Crippen LogP contribution in [0.3, 0.4) is 0 Å². The molecule has 0 rings (SSSR count). The van der Waals surface area contributed by atoms with E-state index in [1.807, 2.05) is 0 Å². The highest BCUT2D eigenvalue weighted by Gasteiger charge is 2.19. The quantitative estimate of drug-likeness (QED) is 0.0262. The lowest BCUT2D eigenvalue weighted by Crippen LogP contribution is -2.30. The molecule has 0 aliphatic rings. The molecule has 0 aliphatic carbocycles. The van der Waals surface area contributed by atoms with Crippen molar-refractivity contribution in [1.82, 2.24) is 0 Å². The summed E-state index contributed by atoms with van der Waals surface area (Å²) in [7, 11) is 0. The number of hydrogen-bond donors (Lipinski definition) is 0. The zero-order valence-electron chi connectivity index (χ0n) is 45.8. The topological polar surface area (TPSA) is 78.9 Å². The van der Waals surface area contributed by atoms with Crippen molar-refractivity contribution < 1.29 is 28.6 Å². The predicted octanol–water partition coefficient (Wildman–Crippen LogP) is 20.0. The molecule has 0 saturated carbocycles. The monoisotopic (exact) mass is 965 g/mol. The van der Waals surface area contributed by atoms with E-state index in [0.29, 0.717) is 19.3 Å². The Balaban J connectivity index is 4.01. The van der Waals surface area contributed by atoms with Crippen LogP contribution in [0.25, 0.3) is 0 Å². The molecule has 0 aromatic heterocycles. The highest BCUT2D eigenvalue weighted by Crippen LogP contribution is 2.17. The van der Waals surface area contributed by atoms with Gasteiger partial charge in [0.1, 0.15) is 13.2 Å². The average molecular weight is 966 g/mol. The molecule has 0 N–H and O–H groups in total. The zero-order valence-corrected chi connectivity index (χ0v) is 45.8. The molecule has 0 radical (unpaired) electrons. The van der Waals surface area contributed by atoms with Crippen molar-refractivity contribution in [3.8, 4) is 0 Å². The fourth-order valence-corrected chi connectivity index (χ4v) is 8.53. The number of allylic oxidation sites excluding steroid dienone is 10. The number of carbonyl (C=O) groups is 3. The molecule has 0 saturated heterocycles. The van der Waals surface area contributed by atoms with Crippen LogP contribution in [0.2, 0.25) is 0 Å². The van der Waals surface area contributed by atoms with Gasteiger partial charge in [0.2, 0.25) is 0 Å². The minimum atomic E-state index is -0.772. The first-order valence-electron chi connectivity index (χ1n) is 29.8. The summed E-state index contributed by atoms with van der Waals surface area (Å²) in [4.78, 5) is 37.9. The van der Waals surface area contributed by atoms with Crippen molar-refractivity contribution >= 4 is 17.9 Å². The van der Waals surface area contributed by atoms with E-state index in [1.165, 1.54) is 167 Å². The van der Waals surface area contributed by atoms with E-state index in [0.717, 1.165) is 96.3 Å². The van der Waals surface area contributed by atoms with E-state index < -0.39 is 6.10 Å². The van der Waals surface area contributed by atoms with Crippen molar-refractivity contribution in [2.24, 2.45) is 0 Å². The molecule has 0 aliphatic heterocycles. The molecule has 6 nitrogen and oxygen atoms in total. The lowest BCUT2D eigenvalue weighted by molar-refractivity contribution is -0.167. The first-order valence-corrected chi connectivity index (χ1v) is 29.8. The van der Waals surface area contributed by atoms with Gasteiger partial charge in [-0.2, -0.15) is 0 Å². The Morgan fingerprint density at radius 1 is 0.304 bits per heavy atom. The van der Waals surface area contributed by atoms with Gasteiger partial charge in [-0.1, -0.05) is 268 Å². The summed E-state index contributed by atoms with van der Waals surface area (Å²) in [5.41, 5.74) is 0. The molecule has 0 heterocycles. The summed E-state index contributed by atoms with van der Waals surface area (Å²) < 4.78 is 16.8. The van der Waals surface area contributed by atoms with Crippen molar-refractivity contribution in [1.29, 1.82) is 0 Å². The number of esters is 3. The number of unbranched alkanes of at least 4 members (excludes halogenated alkanes) is 33. The Morgan fingerprint density at radius 3 is 0.942 bits per heavy atom. The first kappa shape index (κ1) is 66.1. The second-order valence-corrected chi connectivity index (χ2v) is 19.9. The van der Waals surface area contributed by atoms with Crippen LogP contribution in [-0.4, -0.2) is 37.2 Å². The standard InChI is InChI=1S/C63H112O6/c1-4-7-10-13-16-19-21-22-23-24-25-26-27-28-29-30-31-32-33-34-35-36-37-38-39-40-42-44-47-50-53-56-62(65)68-59-60(58-67-61(64)55-52-49-46-43-18-15-12-9-6-3)69-63(66)57-54-51-48-45-41-20-17-14-11-8-5-2/h7,10,14,16-17,19,22-23,25-26,60H,4-6,8-9,11-13,15,18,20-21,24,27-59H2,1-3H3/b10-7-,17-14-,19-16-,23-22-,26-25-. The summed E-state index contributed by atoms with van der Waals surface area (Å²) in [6.07, 6.45) is 72.5. The largest absolute Gasteiger partial charge is 0.462 e. The van der Waals surface area contributed by atoms with E-state index in [4.69, 9.17) is 14.2 Å². The Bertz CT molecular complexity index is 1250. The van der Waals surface area contributed by atoms with Gasteiger partial charge in [0.05, 0.1) is 0 Å². The van der Waals surface area contributed by atoms with Crippen LogP contribution in [-0.2, 0) is 28.6 Å². The molecule has 0 spiro atoms.